The van der Waals surface area contributed by atoms with Crippen LogP contribution in [-0.2, 0) is 14.3 Å². The lowest BCUT2D eigenvalue weighted by Crippen LogP contribution is -2.17. The van der Waals surface area contributed by atoms with Crippen molar-refractivity contribution in [2.75, 3.05) is 19.5 Å². The number of ether oxygens (including phenoxy) is 2. The molecule has 0 aliphatic carbocycles. The van der Waals surface area contributed by atoms with Crippen LogP contribution in [0, 0.1) is 0 Å². The summed E-state index contributed by atoms with van der Waals surface area (Å²) in [6.07, 6.45) is 0. The topological polar surface area (TPSA) is 81.7 Å². The molecule has 0 atom stereocenters. The maximum absolute atomic E-state index is 11.7. The van der Waals surface area contributed by atoms with Crippen LogP contribution >= 0.6 is 0 Å². The molecule has 96 valence electrons. The fourth-order valence-corrected chi connectivity index (χ4v) is 1.45. The highest BCUT2D eigenvalue weighted by molar-refractivity contribution is 6.09. The number of carbonyl (C=O) groups excluding carboxylic acids is 3. The van der Waals surface area contributed by atoms with E-state index in [1.54, 1.807) is 0 Å². The van der Waals surface area contributed by atoms with Gasteiger partial charge in [0.25, 0.3) is 0 Å². The van der Waals surface area contributed by atoms with Crippen molar-refractivity contribution in [3.63, 3.8) is 0 Å². The lowest BCUT2D eigenvalue weighted by Gasteiger charge is -2.11. The zero-order valence-electron chi connectivity index (χ0n) is 10.3. The van der Waals surface area contributed by atoms with Crippen molar-refractivity contribution in [2.24, 2.45) is 0 Å². The first-order chi connectivity index (χ1) is 8.51. The number of amides is 1. The van der Waals surface area contributed by atoms with Crippen molar-refractivity contribution in [1.29, 1.82) is 0 Å². The van der Waals surface area contributed by atoms with E-state index in [2.05, 4.69) is 14.8 Å². The van der Waals surface area contributed by atoms with Gasteiger partial charge in [-0.1, -0.05) is 6.07 Å². The number of rotatable bonds is 3. The number of benzene rings is 1. The lowest BCUT2D eigenvalue weighted by molar-refractivity contribution is -0.114. The molecule has 0 bridgehead atoms. The second kappa shape index (κ2) is 5.81. The molecule has 0 aromatic heterocycles. The standard InChI is InChI=1S/C12H13NO5/c1-7(14)13-9-6-4-5-8(11(15)17-2)10(9)12(16)18-3/h4-6H,1-3H3,(H,13,14). The molecule has 0 radical (unpaired) electrons. The Balaban J connectivity index is 3.39. The van der Waals surface area contributed by atoms with Gasteiger partial charge >= 0.3 is 11.9 Å². The smallest absolute Gasteiger partial charge is 0.340 e. The van der Waals surface area contributed by atoms with Crippen LogP contribution in [-0.4, -0.2) is 32.1 Å². The summed E-state index contributed by atoms with van der Waals surface area (Å²) >= 11 is 0. The van der Waals surface area contributed by atoms with Crippen molar-refractivity contribution in [3.8, 4) is 0 Å². The molecule has 0 saturated heterocycles. The van der Waals surface area contributed by atoms with E-state index in [1.165, 1.54) is 39.3 Å². The average Bonchev–Trinajstić information content (AvgIpc) is 2.36. The number of anilines is 1. The number of esters is 2. The first-order valence-electron chi connectivity index (χ1n) is 5.08. The van der Waals surface area contributed by atoms with Gasteiger partial charge in [-0.05, 0) is 12.1 Å². The number of hydrogen-bond donors (Lipinski definition) is 1. The largest absolute Gasteiger partial charge is 0.465 e. The molecular formula is C12H13NO5. The maximum atomic E-state index is 11.7. The van der Waals surface area contributed by atoms with Crippen molar-refractivity contribution in [3.05, 3.63) is 29.3 Å². The van der Waals surface area contributed by atoms with Gasteiger partial charge in [-0.3, -0.25) is 4.79 Å². The molecule has 1 N–H and O–H groups in total. The third-order valence-corrected chi connectivity index (χ3v) is 2.17. The third kappa shape index (κ3) is 2.85. The van der Waals surface area contributed by atoms with Gasteiger partial charge in [0, 0.05) is 6.92 Å². The molecule has 0 unspecified atom stereocenters. The van der Waals surface area contributed by atoms with Crippen LogP contribution < -0.4 is 5.32 Å². The van der Waals surface area contributed by atoms with E-state index in [4.69, 9.17) is 0 Å². The van der Waals surface area contributed by atoms with Gasteiger partial charge in [0.1, 0.15) is 0 Å². The van der Waals surface area contributed by atoms with Gasteiger partial charge in [-0.25, -0.2) is 9.59 Å². The van der Waals surface area contributed by atoms with Gasteiger partial charge in [0.2, 0.25) is 5.91 Å². The minimum Gasteiger partial charge on any atom is -0.465 e. The molecule has 0 aliphatic heterocycles. The minimum atomic E-state index is -0.722. The summed E-state index contributed by atoms with van der Waals surface area (Å²) in [5.41, 5.74) is 0.218. The number of methoxy groups -OCH3 is 2. The van der Waals surface area contributed by atoms with E-state index in [0.717, 1.165) is 0 Å². The van der Waals surface area contributed by atoms with Crippen molar-refractivity contribution >= 4 is 23.5 Å². The summed E-state index contributed by atoms with van der Waals surface area (Å²) in [4.78, 5) is 34.3. The van der Waals surface area contributed by atoms with E-state index in [9.17, 15) is 14.4 Å². The second-order valence-corrected chi connectivity index (χ2v) is 3.39. The first-order valence-corrected chi connectivity index (χ1v) is 5.08. The monoisotopic (exact) mass is 251 g/mol. The summed E-state index contributed by atoms with van der Waals surface area (Å²) in [6.45, 7) is 1.30. The quantitative estimate of drug-likeness (QED) is 0.817. The molecule has 0 saturated carbocycles. The van der Waals surface area contributed by atoms with Crippen LogP contribution in [0.25, 0.3) is 0 Å². The molecular weight excluding hydrogens is 238 g/mol. The Hall–Kier alpha value is -2.37. The fraction of sp³-hybridized carbons (Fsp3) is 0.250. The summed E-state index contributed by atoms with van der Waals surface area (Å²) in [6, 6.07) is 4.45. The Morgan fingerprint density at radius 3 is 2.17 bits per heavy atom. The molecule has 0 spiro atoms. The van der Waals surface area contributed by atoms with Crippen LogP contribution in [0.4, 0.5) is 5.69 Å². The predicted octanol–water partition coefficient (Wildman–Crippen LogP) is 1.22. The van der Waals surface area contributed by atoms with E-state index in [-0.39, 0.29) is 22.7 Å². The Labute approximate surface area is 104 Å². The zero-order valence-corrected chi connectivity index (χ0v) is 10.3. The van der Waals surface area contributed by atoms with Crippen molar-refractivity contribution in [1.82, 2.24) is 0 Å². The first kappa shape index (κ1) is 13.7. The van der Waals surface area contributed by atoms with E-state index < -0.39 is 11.9 Å². The Morgan fingerprint density at radius 2 is 1.67 bits per heavy atom. The minimum absolute atomic E-state index is 0.0259. The summed E-state index contributed by atoms with van der Waals surface area (Å²) < 4.78 is 9.17. The van der Waals surface area contributed by atoms with E-state index in [1.807, 2.05) is 0 Å². The Morgan fingerprint density at radius 1 is 1.06 bits per heavy atom. The Bertz CT molecular complexity index is 495. The van der Waals surface area contributed by atoms with Gasteiger partial charge < -0.3 is 14.8 Å². The maximum Gasteiger partial charge on any atom is 0.340 e. The van der Waals surface area contributed by atoms with Crippen LogP contribution in [0.2, 0.25) is 0 Å². The summed E-state index contributed by atoms with van der Waals surface area (Å²) in [7, 11) is 2.39. The molecule has 1 rings (SSSR count). The molecule has 6 nitrogen and oxygen atoms in total. The van der Waals surface area contributed by atoms with Crippen molar-refractivity contribution < 1.29 is 23.9 Å². The summed E-state index contributed by atoms with van der Waals surface area (Å²) in [5.74, 6) is -1.76. The molecule has 1 aromatic rings. The lowest BCUT2D eigenvalue weighted by atomic mass is 10.1. The average molecular weight is 251 g/mol. The number of hydrogen-bond acceptors (Lipinski definition) is 5. The van der Waals surface area contributed by atoms with Gasteiger partial charge in [-0.15, -0.1) is 0 Å². The van der Waals surface area contributed by atoms with Gasteiger partial charge in [-0.2, -0.15) is 0 Å². The van der Waals surface area contributed by atoms with E-state index >= 15 is 0 Å². The van der Waals surface area contributed by atoms with Gasteiger partial charge in [0.05, 0.1) is 31.0 Å². The molecule has 1 aromatic carbocycles. The summed E-state index contributed by atoms with van der Waals surface area (Å²) in [5, 5.41) is 2.46. The zero-order chi connectivity index (χ0) is 13.7. The SMILES string of the molecule is COC(=O)c1cccc(NC(C)=O)c1C(=O)OC. The van der Waals surface area contributed by atoms with Crippen LogP contribution in [0.3, 0.4) is 0 Å². The fourth-order valence-electron chi connectivity index (χ4n) is 1.45. The highest BCUT2D eigenvalue weighted by Gasteiger charge is 2.22. The van der Waals surface area contributed by atoms with Crippen LogP contribution in [0.1, 0.15) is 27.6 Å². The highest BCUT2D eigenvalue weighted by atomic mass is 16.5. The highest BCUT2D eigenvalue weighted by Crippen LogP contribution is 2.22. The van der Waals surface area contributed by atoms with Crippen LogP contribution in [0.15, 0.2) is 18.2 Å². The molecule has 6 heteroatoms. The number of carbonyl (C=O) groups is 3. The predicted molar refractivity (Wildman–Crippen MR) is 63.4 cm³/mol. The number of nitrogens with one attached hydrogen (secondary N) is 1. The third-order valence-electron chi connectivity index (χ3n) is 2.17. The molecule has 1 amide bonds. The Kier molecular flexibility index (Phi) is 4.42. The molecule has 0 aliphatic rings. The van der Waals surface area contributed by atoms with Gasteiger partial charge in [0.15, 0.2) is 0 Å². The van der Waals surface area contributed by atoms with Crippen molar-refractivity contribution in [2.45, 2.75) is 6.92 Å². The molecule has 18 heavy (non-hydrogen) atoms. The normalized spacial score (nSPS) is 9.50. The molecule has 0 heterocycles. The molecule has 0 fully saturated rings. The van der Waals surface area contributed by atoms with E-state index in [0.29, 0.717) is 0 Å². The second-order valence-electron chi connectivity index (χ2n) is 3.39. The van der Waals surface area contributed by atoms with Crippen LogP contribution in [0.5, 0.6) is 0 Å².